The SMILES string of the molecule is CCCSC(COCCCCCOc1c(C)cc(O)cc1CC)SCCC. The highest BCUT2D eigenvalue weighted by molar-refractivity contribution is 8.17. The van der Waals surface area contributed by atoms with Gasteiger partial charge in [-0.3, -0.25) is 0 Å². The maximum absolute atomic E-state index is 9.70. The number of benzene rings is 1. The smallest absolute Gasteiger partial charge is 0.125 e. The summed E-state index contributed by atoms with van der Waals surface area (Å²) >= 11 is 4.07. The standard InChI is InChI=1S/C22H38O3S2/c1-5-13-26-21(27-14-6-2)17-24-11-9-8-10-12-25-22-18(4)15-20(23)16-19(22)7-3/h15-16,21,23H,5-14,17H2,1-4H3. The van der Waals surface area contributed by atoms with E-state index in [0.717, 1.165) is 62.4 Å². The van der Waals surface area contributed by atoms with Crippen LogP contribution in [0.3, 0.4) is 0 Å². The molecular formula is C22H38O3S2. The Balaban J connectivity index is 2.17. The van der Waals surface area contributed by atoms with Crippen LogP contribution < -0.4 is 4.74 Å². The first-order valence-corrected chi connectivity index (χ1v) is 12.5. The molecule has 3 nitrogen and oxygen atoms in total. The Hall–Kier alpha value is -0.520. The summed E-state index contributed by atoms with van der Waals surface area (Å²) in [7, 11) is 0. The molecule has 5 heteroatoms. The van der Waals surface area contributed by atoms with Gasteiger partial charge in [0.15, 0.2) is 0 Å². The van der Waals surface area contributed by atoms with E-state index < -0.39 is 0 Å². The van der Waals surface area contributed by atoms with Gasteiger partial charge in [0.1, 0.15) is 11.5 Å². The summed E-state index contributed by atoms with van der Waals surface area (Å²) in [5, 5.41) is 9.70. The normalized spacial score (nSPS) is 11.3. The fourth-order valence-electron chi connectivity index (χ4n) is 2.78. The van der Waals surface area contributed by atoms with Crippen molar-refractivity contribution in [2.75, 3.05) is 31.3 Å². The van der Waals surface area contributed by atoms with Gasteiger partial charge in [0.2, 0.25) is 0 Å². The highest BCUT2D eigenvalue weighted by Gasteiger charge is 2.10. The number of hydrogen-bond acceptors (Lipinski definition) is 5. The number of aromatic hydroxyl groups is 1. The van der Waals surface area contributed by atoms with Crippen molar-refractivity contribution in [3.8, 4) is 11.5 Å². The van der Waals surface area contributed by atoms with Crippen molar-refractivity contribution >= 4 is 23.5 Å². The molecule has 27 heavy (non-hydrogen) atoms. The molecule has 0 aliphatic carbocycles. The molecule has 0 unspecified atom stereocenters. The summed E-state index contributed by atoms with van der Waals surface area (Å²) in [6, 6.07) is 3.57. The van der Waals surface area contributed by atoms with E-state index in [2.05, 4.69) is 20.8 Å². The van der Waals surface area contributed by atoms with Gasteiger partial charge < -0.3 is 14.6 Å². The molecule has 0 bridgehead atoms. The van der Waals surface area contributed by atoms with Crippen LogP contribution in [0.1, 0.15) is 64.0 Å². The third-order valence-corrected chi connectivity index (χ3v) is 7.29. The van der Waals surface area contributed by atoms with Gasteiger partial charge in [-0.2, -0.15) is 0 Å². The molecule has 0 atom stereocenters. The Morgan fingerprint density at radius 2 is 1.63 bits per heavy atom. The largest absolute Gasteiger partial charge is 0.508 e. The molecule has 1 aromatic carbocycles. The molecule has 0 aliphatic heterocycles. The zero-order chi connectivity index (χ0) is 19.9. The lowest BCUT2D eigenvalue weighted by molar-refractivity contribution is 0.140. The van der Waals surface area contributed by atoms with E-state index in [9.17, 15) is 5.11 Å². The van der Waals surface area contributed by atoms with Gasteiger partial charge in [0.05, 0.1) is 17.8 Å². The van der Waals surface area contributed by atoms with Crippen LogP contribution in [0.4, 0.5) is 0 Å². The molecule has 1 rings (SSSR count). The molecule has 0 saturated carbocycles. The van der Waals surface area contributed by atoms with Crippen LogP contribution in [-0.2, 0) is 11.2 Å². The second-order valence-electron chi connectivity index (χ2n) is 6.76. The number of rotatable bonds is 16. The van der Waals surface area contributed by atoms with Crippen LogP contribution in [0, 0.1) is 6.92 Å². The minimum Gasteiger partial charge on any atom is -0.508 e. The second kappa shape index (κ2) is 15.4. The van der Waals surface area contributed by atoms with E-state index in [4.69, 9.17) is 9.47 Å². The van der Waals surface area contributed by atoms with Crippen LogP contribution in [-0.4, -0.2) is 41.0 Å². The van der Waals surface area contributed by atoms with Crippen molar-refractivity contribution in [2.45, 2.75) is 70.8 Å². The van der Waals surface area contributed by atoms with Gasteiger partial charge >= 0.3 is 0 Å². The third kappa shape index (κ3) is 10.6. The van der Waals surface area contributed by atoms with Crippen LogP contribution in [0.25, 0.3) is 0 Å². The van der Waals surface area contributed by atoms with E-state index in [1.54, 1.807) is 12.1 Å². The number of phenols is 1. The monoisotopic (exact) mass is 414 g/mol. The average Bonchev–Trinajstić information content (AvgIpc) is 2.66. The summed E-state index contributed by atoms with van der Waals surface area (Å²) in [4.78, 5) is 0. The minimum atomic E-state index is 0.321. The molecular weight excluding hydrogens is 376 g/mol. The molecule has 0 aliphatic rings. The highest BCUT2D eigenvalue weighted by atomic mass is 32.2. The van der Waals surface area contributed by atoms with Gasteiger partial charge in [-0.05, 0) is 80.2 Å². The number of aryl methyl sites for hydroxylation is 2. The van der Waals surface area contributed by atoms with Crippen LogP contribution in [0.2, 0.25) is 0 Å². The van der Waals surface area contributed by atoms with Gasteiger partial charge in [-0.15, -0.1) is 23.5 Å². The minimum absolute atomic E-state index is 0.321. The van der Waals surface area contributed by atoms with Gasteiger partial charge in [-0.1, -0.05) is 20.8 Å². The maximum atomic E-state index is 9.70. The Bertz CT molecular complexity index is 501. The summed E-state index contributed by atoms with van der Waals surface area (Å²) in [6.07, 6.45) is 6.56. The Kier molecular flexibility index (Phi) is 14.0. The fourth-order valence-corrected chi connectivity index (χ4v) is 5.12. The van der Waals surface area contributed by atoms with Crippen molar-refractivity contribution < 1.29 is 14.6 Å². The first-order chi connectivity index (χ1) is 13.1. The number of unbranched alkanes of at least 4 members (excludes halogenated alkanes) is 2. The van der Waals surface area contributed by atoms with Crippen molar-refractivity contribution in [3.05, 3.63) is 23.3 Å². The highest BCUT2D eigenvalue weighted by Crippen LogP contribution is 2.29. The first kappa shape index (κ1) is 24.5. The molecule has 0 heterocycles. The van der Waals surface area contributed by atoms with Crippen LogP contribution >= 0.6 is 23.5 Å². The lowest BCUT2D eigenvalue weighted by Crippen LogP contribution is -2.11. The summed E-state index contributed by atoms with van der Waals surface area (Å²) < 4.78 is 12.5. The molecule has 156 valence electrons. The van der Waals surface area contributed by atoms with E-state index in [1.165, 1.54) is 24.3 Å². The molecule has 1 aromatic rings. The second-order valence-corrected chi connectivity index (χ2v) is 9.68. The average molecular weight is 415 g/mol. The number of hydrogen-bond donors (Lipinski definition) is 1. The van der Waals surface area contributed by atoms with E-state index in [1.807, 2.05) is 30.4 Å². The zero-order valence-electron chi connectivity index (χ0n) is 17.6. The number of thioether (sulfide) groups is 2. The fraction of sp³-hybridized carbons (Fsp3) is 0.727. The summed E-state index contributed by atoms with van der Waals surface area (Å²) in [5.41, 5.74) is 2.09. The third-order valence-electron chi connectivity index (χ3n) is 4.17. The summed E-state index contributed by atoms with van der Waals surface area (Å²) in [5.74, 6) is 3.70. The van der Waals surface area contributed by atoms with Crippen LogP contribution in [0.5, 0.6) is 11.5 Å². The predicted molar refractivity (Wildman–Crippen MR) is 122 cm³/mol. The zero-order valence-corrected chi connectivity index (χ0v) is 19.2. The molecule has 0 aromatic heterocycles. The van der Waals surface area contributed by atoms with Crippen molar-refractivity contribution in [2.24, 2.45) is 0 Å². The molecule has 0 amide bonds. The van der Waals surface area contributed by atoms with Crippen molar-refractivity contribution in [1.82, 2.24) is 0 Å². The van der Waals surface area contributed by atoms with Gasteiger partial charge in [0, 0.05) is 6.61 Å². The number of phenolic OH excluding ortho intramolecular Hbond substituents is 1. The molecule has 1 N–H and O–H groups in total. The van der Waals surface area contributed by atoms with Crippen LogP contribution in [0.15, 0.2) is 12.1 Å². The molecule has 0 saturated heterocycles. The Labute approximate surface area is 175 Å². The van der Waals surface area contributed by atoms with E-state index >= 15 is 0 Å². The van der Waals surface area contributed by atoms with Gasteiger partial charge in [-0.25, -0.2) is 0 Å². The summed E-state index contributed by atoms with van der Waals surface area (Å²) in [6.45, 7) is 11.0. The lowest BCUT2D eigenvalue weighted by Gasteiger charge is -2.16. The molecule has 0 fully saturated rings. The van der Waals surface area contributed by atoms with E-state index in [0.29, 0.717) is 10.3 Å². The van der Waals surface area contributed by atoms with Crippen molar-refractivity contribution in [3.63, 3.8) is 0 Å². The topological polar surface area (TPSA) is 38.7 Å². The van der Waals surface area contributed by atoms with Gasteiger partial charge in [0.25, 0.3) is 0 Å². The maximum Gasteiger partial charge on any atom is 0.125 e. The Morgan fingerprint density at radius 3 is 2.26 bits per heavy atom. The first-order valence-electron chi connectivity index (χ1n) is 10.4. The quantitative estimate of drug-likeness (QED) is 0.249. The van der Waals surface area contributed by atoms with Crippen molar-refractivity contribution in [1.29, 1.82) is 0 Å². The molecule has 0 spiro atoms. The number of ether oxygens (including phenoxy) is 2. The molecule has 0 radical (unpaired) electrons. The lowest BCUT2D eigenvalue weighted by atomic mass is 10.1. The Morgan fingerprint density at radius 1 is 0.963 bits per heavy atom. The predicted octanol–water partition coefficient (Wildman–Crippen LogP) is 6.44. The van der Waals surface area contributed by atoms with E-state index in [-0.39, 0.29) is 0 Å².